The number of hydrogen-bond acceptors (Lipinski definition) is 0. The zero-order chi connectivity index (χ0) is 14.5. The molecule has 2 aliphatic carbocycles. The summed E-state index contributed by atoms with van der Waals surface area (Å²) >= 11 is -0.438. The van der Waals surface area contributed by atoms with Crippen molar-refractivity contribution in [2.75, 3.05) is 0 Å². The maximum Gasteiger partial charge on any atom is -1.00 e. The van der Waals surface area contributed by atoms with Gasteiger partial charge in [-0.15, -0.1) is 0 Å². The Hall–Kier alpha value is 0.640. The fourth-order valence-corrected chi connectivity index (χ4v) is 9.00. The summed E-state index contributed by atoms with van der Waals surface area (Å²) in [5, 5.41) is 0. The van der Waals surface area contributed by atoms with Crippen molar-refractivity contribution in [1.82, 2.24) is 0 Å². The predicted octanol–water partition coefficient (Wildman–Crippen LogP) is -0.889. The molecule has 0 bridgehead atoms. The van der Waals surface area contributed by atoms with E-state index in [1.807, 2.05) is 0 Å². The summed E-state index contributed by atoms with van der Waals surface area (Å²) in [7, 11) is 0.543. The van der Waals surface area contributed by atoms with Crippen LogP contribution in [0.3, 0.4) is 0 Å². The molecule has 0 N–H and O–H groups in total. The van der Waals surface area contributed by atoms with Crippen molar-refractivity contribution in [2.45, 2.75) is 65.5 Å². The minimum absolute atomic E-state index is 0. The van der Waals surface area contributed by atoms with Gasteiger partial charge in [0.1, 0.15) is 0 Å². The molecule has 122 valence electrons. The molecule has 0 saturated carbocycles. The van der Waals surface area contributed by atoms with E-state index >= 15 is 0 Å². The van der Waals surface area contributed by atoms with Crippen LogP contribution in [0.5, 0.6) is 0 Å². The first kappa shape index (κ1) is 22.6. The molecular formula is C18H28Cl2SiZr. The Morgan fingerprint density at radius 1 is 0.773 bits per heavy atom. The third kappa shape index (κ3) is 7.04. The van der Waals surface area contributed by atoms with Crippen LogP contribution in [0.1, 0.15) is 53.4 Å². The van der Waals surface area contributed by atoms with E-state index in [2.05, 4.69) is 39.8 Å². The molecule has 0 atom stereocenters. The smallest absolute Gasteiger partial charge is 1.00 e. The van der Waals surface area contributed by atoms with Crippen molar-refractivity contribution < 1.29 is 48.0 Å². The van der Waals surface area contributed by atoms with Crippen LogP contribution in [0.25, 0.3) is 0 Å². The molecule has 4 heteroatoms. The van der Waals surface area contributed by atoms with E-state index in [9.17, 15) is 0 Å². The molecule has 0 unspecified atom stereocenters. The van der Waals surface area contributed by atoms with Gasteiger partial charge in [-0.2, -0.15) is 0 Å². The second-order valence-corrected chi connectivity index (χ2v) is 12.3. The maximum atomic E-state index is 2.38. The zero-order valence-electron chi connectivity index (χ0n) is 14.4. The Morgan fingerprint density at radius 3 is 1.41 bits per heavy atom. The Balaban J connectivity index is 0.000000542. The van der Waals surface area contributed by atoms with Crippen LogP contribution in [-0.2, 0) is 23.2 Å². The molecule has 0 amide bonds. The van der Waals surface area contributed by atoms with Gasteiger partial charge in [0, 0.05) is 9.52 Å². The van der Waals surface area contributed by atoms with E-state index in [-0.39, 0.29) is 24.8 Å². The van der Waals surface area contributed by atoms with E-state index in [0.717, 1.165) is 0 Å². The number of hydrogen-bond donors (Lipinski definition) is 0. The predicted molar refractivity (Wildman–Crippen MR) is 89.5 cm³/mol. The van der Waals surface area contributed by atoms with Crippen molar-refractivity contribution in [3.8, 4) is 0 Å². The molecule has 1 fully saturated rings. The van der Waals surface area contributed by atoms with Crippen LogP contribution >= 0.6 is 0 Å². The van der Waals surface area contributed by atoms with Crippen molar-refractivity contribution in [2.24, 2.45) is 0 Å². The molecule has 0 spiro atoms. The second-order valence-electron chi connectivity index (χ2n) is 6.55. The van der Waals surface area contributed by atoms with Crippen LogP contribution in [0, 0.1) is 0 Å². The van der Waals surface area contributed by atoms with Gasteiger partial charge in [-0.3, -0.25) is 0 Å². The van der Waals surface area contributed by atoms with Gasteiger partial charge in [-0.25, -0.2) is 0 Å². The molecule has 3 aliphatic rings. The van der Waals surface area contributed by atoms with Gasteiger partial charge in [-0.05, 0) is 0 Å². The van der Waals surface area contributed by atoms with Gasteiger partial charge >= 0.3 is 105 Å². The summed E-state index contributed by atoms with van der Waals surface area (Å²) in [6, 6.07) is 3.28. The minimum Gasteiger partial charge on any atom is -1.00 e. The second kappa shape index (κ2) is 11.2. The van der Waals surface area contributed by atoms with Crippen molar-refractivity contribution >= 4 is 9.52 Å². The molecule has 0 radical (unpaired) electrons. The van der Waals surface area contributed by atoms with Crippen molar-refractivity contribution in [1.29, 1.82) is 0 Å². The van der Waals surface area contributed by atoms with Gasteiger partial charge in [0.05, 0.1) is 0 Å². The molecular weight excluding hydrogens is 406 g/mol. The Morgan fingerprint density at radius 2 is 1.18 bits per heavy atom. The summed E-state index contributed by atoms with van der Waals surface area (Å²) in [5.74, 6) is 0. The monoisotopic (exact) mass is 432 g/mol. The van der Waals surface area contributed by atoms with E-state index < -0.39 is 23.2 Å². The van der Waals surface area contributed by atoms with Crippen molar-refractivity contribution in [3.05, 3.63) is 41.0 Å². The Labute approximate surface area is 163 Å². The summed E-state index contributed by atoms with van der Waals surface area (Å²) < 4.78 is 3.60. The molecule has 0 aromatic carbocycles. The largest absolute Gasteiger partial charge is 1.00 e. The average Bonchev–Trinajstić information content (AvgIpc) is 3.07. The maximum absolute atomic E-state index is 2.38. The van der Waals surface area contributed by atoms with Crippen LogP contribution in [0.15, 0.2) is 41.0 Å². The molecule has 0 aromatic rings. The fraction of sp³-hybridized carbons (Fsp3) is 0.556. The molecule has 1 saturated heterocycles. The normalized spacial score (nSPS) is 19.6. The molecule has 0 aromatic heterocycles. The quantitative estimate of drug-likeness (QED) is 0.495. The molecule has 22 heavy (non-hydrogen) atoms. The van der Waals surface area contributed by atoms with Crippen LogP contribution < -0.4 is 24.8 Å². The first-order valence-electron chi connectivity index (χ1n) is 8.07. The van der Waals surface area contributed by atoms with E-state index in [1.54, 1.807) is 53.8 Å². The van der Waals surface area contributed by atoms with Crippen LogP contribution in [-0.4, -0.2) is 9.52 Å². The number of rotatable bonds is 2. The first-order chi connectivity index (χ1) is 9.56. The fourth-order valence-electron chi connectivity index (χ4n) is 3.20. The minimum atomic E-state index is -0.438. The average molecular weight is 435 g/mol. The van der Waals surface area contributed by atoms with Gasteiger partial charge in [0.2, 0.25) is 0 Å². The van der Waals surface area contributed by atoms with Crippen molar-refractivity contribution in [3.63, 3.8) is 0 Å². The first-order valence-corrected chi connectivity index (χ1v) is 12.5. The Bertz CT molecular complexity index is 450. The third-order valence-corrected chi connectivity index (χ3v) is 10.6. The van der Waals surface area contributed by atoms with Gasteiger partial charge in [0.25, 0.3) is 0 Å². The van der Waals surface area contributed by atoms with Crippen LogP contribution in [0.2, 0.25) is 12.1 Å². The van der Waals surface area contributed by atoms with E-state index in [4.69, 9.17) is 0 Å². The number of halogens is 2. The third-order valence-electron chi connectivity index (χ3n) is 4.34. The summed E-state index contributed by atoms with van der Waals surface area (Å²) in [5.41, 5.74) is 6.27. The standard InChI is InChI=1S/2C7H9.C4H10Si.2ClH.Zr/c2*1-6-3-4-7(2)5-6;1-2-4-5-3-1;;;/h2*5H,3H2,1-2H3;1-5H2;2*1H;/q;;;;;+2/p-2. The summed E-state index contributed by atoms with van der Waals surface area (Å²) in [6.45, 7) is 9.10. The molecule has 1 aliphatic heterocycles. The molecule has 3 rings (SSSR count). The summed E-state index contributed by atoms with van der Waals surface area (Å²) in [4.78, 5) is 0. The Kier molecular flexibility index (Phi) is 11.6. The van der Waals surface area contributed by atoms with Gasteiger partial charge in [-0.1, -0.05) is 24.9 Å². The van der Waals surface area contributed by atoms with E-state index in [0.29, 0.717) is 9.52 Å². The molecule has 1 heterocycles. The zero-order valence-corrected chi connectivity index (χ0v) is 19.7. The SMILES string of the molecule is C1CC[SiH2]C1.CC1=CC(C)=[C]([Zr+2][C]2=C(C)C=C(C)C2)C1.[Cl-].[Cl-]. The van der Waals surface area contributed by atoms with E-state index in [1.165, 1.54) is 12.8 Å². The molecule has 0 nitrogen and oxygen atoms in total. The summed E-state index contributed by atoms with van der Waals surface area (Å²) in [6.07, 6.45) is 10.4. The number of allylic oxidation sites excluding steroid dienone is 8. The van der Waals surface area contributed by atoms with Gasteiger partial charge in [0.15, 0.2) is 0 Å². The topological polar surface area (TPSA) is 0 Å². The van der Waals surface area contributed by atoms with Crippen LogP contribution in [0.4, 0.5) is 0 Å². The van der Waals surface area contributed by atoms with Gasteiger partial charge < -0.3 is 24.8 Å².